The summed E-state index contributed by atoms with van der Waals surface area (Å²) >= 11 is 1.48. The van der Waals surface area contributed by atoms with E-state index in [1.165, 1.54) is 11.3 Å². The molecule has 1 amide bonds. The lowest BCUT2D eigenvalue weighted by molar-refractivity contribution is 0.0998. The Labute approximate surface area is 172 Å². The summed E-state index contributed by atoms with van der Waals surface area (Å²) in [6.07, 6.45) is 0. The number of benzene rings is 3. The van der Waals surface area contributed by atoms with E-state index in [0.717, 1.165) is 27.3 Å². The number of methoxy groups -OCH3 is 1. The number of fused-ring (bicyclic) bond motifs is 1. The molecular weight excluding hydrogens is 384 g/mol. The summed E-state index contributed by atoms with van der Waals surface area (Å²) in [5.74, 6) is 1.88. The molecule has 1 aromatic heterocycles. The molecule has 0 radical (unpaired) electrons. The van der Waals surface area contributed by atoms with Crippen LogP contribution in [-0.4, -0.2) is 17.6 Å². The number of carbonyl (C=O) groups is 1. The fraction of sp³-hybridized carbons (Fsp3) is 0.130. The topological polar surface area (TPSA) is 52.8 Å². The maximum Gasteiger partial charge on any atom is 0.279 e. The first-order chi connectivity index (χ1) is 14.1. The first kappa shape index (κ1) is 19.0. The molecule has 0 saturated carbocycles. The van der Waals surface area contributed by atoms with Crippen LogP contribution in [0, 0.1) is 6.92 Å². The molecule has 1 heterocycles. The molecule has 5 nitrogen and oxygen atoms in total. The van der Waals surface area contributed by atoms with Crippen LogP contribution in [0.1, 0.15) is 15.9 Å². The summed E-state index contributed by atoms with van der Waals surface area (Å²) in [4.78, 5) is 17.7. The van der Waals surface area contributed by atoms with Crippen LogP contribution in [-0.2, 0) is 7.05 Å². The third-order valence-electron chi connectivity index (χ3n) is 4.60. The molecule has 0 saturated heterocycles. The lowest BCUT2D eigenvalue weighted by atomic mass is 10.2. The average Bonchev–Trinajstić information content (AvgIpc) is 3.07. The van der Waals surface area contributed by atoms with Crippen molar-refractivity contribution in [2.45, 2.75) is 6.92 Å². The molecule has 0 atom stereocenters. The monoisotopic (exact) mass is 404 g/mol. The summed E-state index contributed by atoms with van der Waals surface area (Å²) in [6.45, 7) is 2.04. The molecule has 0 unspecified atom stereocenters. The van der Waals surface area contributed by atoms with Crippen molar-refractivity contribution >= 4 is 27.5 Å². The highest BCUT2D eigenvalue weighted by Gasteiger charge is 2.12. The van der Waals surface area contributed by atoms with Crippen molar-refractivity contribution in [3.8, 4) is 17.2 Å². The number of nitrogens with zero attached hydrogens (tertiary/aromatic N) is 2. The number of hydrogen-bond acceptors (Lipinski definition) is 4. The highest BCUT2D eigenvalue weighted by Crippen LogP contribution is 2.29. The van der Waals surface area contributed by atoms with E-state index in [1.807, 2.05) is 61.0 Å². The number of aryl methyl sites for hydroxylation is 2. The quantitative estimate of drug-likeness (QED) is 0.476. The van der Waals surface area contributed by atoms with Crippen molar-refractivity contribution in [2.24, 2.45) is 12.0 Å². The van der Waals surface area contributed by atoms with Gasteiger partial charge in [0.2, 0.25) is 0 Å². The van der Waals surface area contributed by atoms with E-state index in [2.05, 4.69) is 4.99 Å². The van der Waals surface area contributed by atoms with Crippen LogP contribution in [0.2, 0.25) is 0 Å². The molecule has 4 aromatic rings. The third-order valence-corrected chi connectivity index (χ3v) is 5.87. The van der Waals surface area contributed by atoms with Crippen molar-refractivity contribution in [2.75, 3.05) is 7.11 Å². The molecule has 29 heavy (non-hydrogen) atoms. The predicted molar refractivity (Wildman–Crippen MR) is 115 cm³/mol. The van der Waals surface area contributed by atoms with Crippen molar-refractivity contribution in [3.63, 3.8) is 0 Å². The number of carbonyl (C=O) groups excluding carboxylic acids is 1. The molecule has 0 N–H and O–H groups in total. The van der Waals surface area contributed by atoms with Crippen molar-refractivity contribution in [1.29, 1.82) is 0 Å². The maximum absolute atomic E-state index is 12.7. The van der Waals surface area contributed by atoms with Gasteiger partial charge in [-0.25, -0.2) is 0 Å². The number of para-hydroxylation sites is 1. The smallest absolute Gasteiger partial charge is 0.279 e. The lowest BCUT2D eigenvalue weighted by Crippen LogP contribution is -2.13. The zero-order chi connectivity index (χ0) is 20.4. The van der Waals surface area contributed by atoms with Crippen LogP contribution in [0.5, 0.6) is 17.2 Å². The molecule has 3 aromatic carbocycles. The number of aromatic nitrogens is 1. The summed E-state index contributed by atoms with van der Waals surface area (Å²) in [5, 5.41) is 0. The van der Waals surface area contributed by atoms with Gasteiger partial charge in [0, 0.05) is 12.6 Å². The zero-order valence-electron chi connectivity index (χ0n) is 16.4. The summed E-state index contributed by atoms with van der Waals surface area (Å²) < 4.78 is 14.2. The van der Waals surface area contributed by atoms with Crippen molar-refractivity contribution in [1.82, 2.24) is 4.57 Å². The van der Waals surface area contributed by atoms with Gasteiger partial charge in [0.05, 0.1) is 11.8 Å². The molecule has 0 bridgehead atoms. The van der Waals surface area contributed by atoms with E-state index in [-0.39, 0.29) is 5.91 Å². The highest BCUT2D eigenvalue weighted by molar-refractivity contribution is 7.16. The van der Waals surface area contributed by atoms with Crippen LogP contribution in [0.15, 0.2) is 71.7 Å². The normalized spacial score (nSPS) is 11.6. The highest BCUT2D eigenvalue weighted by atomic mass is 32.1. The number of thiazole rings is 1. The van der Waals surface area contributed by atoms with Gasteiger partial charge in [-0.05, 0) is 55.0 Å². The van der Waals surface area contributed by atoms with Gasteiger partial charge in [-0.2, -0.15) is 4.99 Å². The Balaban J connectivity index is 1.64. The first-order valence-electron chi connectivity index (χ1n) is 9.12. The van der Waals surface area contributed by atoms with Gasteiger partial charge in [0.1, 0.15) is 22.8 Å². The van der Waals surface area contributed by atoms with Crippen molar-refractivity contribution < 1.29 is 14.3 Å². The second-order valence-electron chi connectivity index (χ2n) is 6.56. The van der Waals surface area contributed by atoms with Crippen LogP contribution < -0.4 is 14.3 Å². The summed E-state index contributed by atoms with van der Waals surface area (Å²) in [5.41, 5.74) is 2.57. The van der Waals surface area contributed by atoms with Crippen LogP contribution in [0.4, 0.5) is 0 Å². The van der Waals surface area contributed by atoms with E-state index < -0.39 is 0 Å². The predicted octanol–water partition coefficient (Wildman–Crippen LogP) is 5.09. The van der Waals surface area contributed by atoms with E-state index in [0.29, 0.717) is 16.1 Å². The Morgan fingerprint density at radius 1 is 0.966 bits per heavy atom. The second kappa shape index (κ2) is 7.93. The first-order valence-corrected chi connectivity index (χ1v) is 9.93. The number of amides is 1. The fourth-order valence-electron chi connectivity index (χ4n) is 3.06. The van der Waals surface area contributed by atoms with E-state index in [4.69, 9.17) is 9.47 Å². The van der Waals surface area contributed by atoms with Crippen molar-refractivity contribution in [3.05, 3.63) is 82.7 Å². The largest absolute Gasteiger partial charge is 0.495 e. The summed E-state index contributed by atoms with van der Waals surface area (Å²) in [7, 11) is 3.53. The van der Waals surface area contributed by atoms with Crippen LogP contribution in [0.3, 0.4) is 0 Å². The summed E-state index contributed by atoms with van der Waals surface area (Å²) in [6, 6.07) is 20.4. The SMILES string of the molecule is COc1ccc(C)c2sc(=NC(=O)c3ccc(Oc4ccccc4)cc3)n(C)c12. The molecule has 4 rings (SSSR count). The minimum Gasteiger partial charge on any atom is -0.495 e. The Kier molecular flexibility index (Phi) is 5.18. The van der Waals surface area contributed by atoms with Crippen LogP contribution >= 0.6 is 11.3 Å². The molecule has 0 fully saturated rings. The minimum absolute atomic E-state index is 0.296. The van der Waals surface area contributed by atoms with Gasteiger partial charge in [-0.1, -0.05) is 35.6 Å². The van der Waals surface area contributed by atoms with E-state index >= 15 is 0 Å². The Morgan fingerprint density at radius 3 is 2.34 bits per heavy atom. The van der Waals surface area contributed by atoms with Gasteiger partial charge in [0.25, 0.3) is 5.91 Å². The van der Waals surface area contributed by atoms with Gasteiger partial charge in [-0.15, -0.1) is 0 Å². The maximum atomic E-state index is 12.7. The number of ether oxygens (including phenoxy) is 2. The molecule has 6 heteroatoms. The second-order valence-corrected chi connectivity index (χ2v) is 7.54. The standard InChI is InChI=1S/C23H20N2O3S/c1-15-9-14-19(27-3)20-21(15)29-23(25(20)2)24-22(26)16-10-12-18(13-11-16)28-17-7-5-4-6-8-17/h4-14H,1-3H3. The Morgan fingerprint density at radius 2 is 1.66 bits per heavy atom. The Hall–Kier alpha value is -3.38. The van der Waals surface area contributed by atoms with Gasteiger partial charge in [-0.3, -0.25) is 4.79 Å². The fourth-order valence-corrected chi connectivity index (χ4v) is 4.16. The molecule has 0 aliphatic heterocycles. The van der Waals surface area contributed by atoms with Gasteiger partial charge >= 0.3 is 0 Å². The zero-order valence-corrected chi connectivity index (χ0v) is 17.2. The Bertz CT molecular complexity index is 1240. The number of hydrogen-bond donors (Lipinski definition) is 0. The minimum atomic E-state index is -0.296. The van der Waals surface area contributed by atoms with Gasteiger partial charge in [0.15, 0.2) is 4.80 Å². The van der Waals surface area contributed by atoms with Crippen LogP contribution in [0.25, 0.3) is 10.2 Å². The molecule has 146 valence electrons. The average molecular weight is 404 g/mol. The third kappa shape index (κ3) is 3.79. The van der Waals surface area contributed by atoms with E-state index in [1.54, 1.807) is 31.4 Å². The molecule has 0 aliphatic carbocycles. The lowest BCUT2D eigenvalue weighted by Gasteiger charge is -2.05. The molecule has 0 spiro atoms. The molecule has 0 aliphatic rings. The number of rotatable bonds is 4. The van der Waals surface area contributed by atoms with Gasteiger partial charge < -0.3 is 14.0 Å². The van der Waals surface area contributed by atoms with E-state index in [9.17, 15) is 4.79 Å². The molecular formula is C23H20N2O3S.